The van der Waals surface area contributed by atoms with Gasteiger partial charge in [-0.25, -0.2) is 4.79 Å². The van der Waals surface area contributed by atoms with E-state index in [9.17, 15) is 9.90 Å². The van der Waals surface area contributed by atoms with Gasteiger partial charge in [0.05, 0.1) is 17.8 Å². The third-order valence-corrected chi connectivity index (χ3v) is 8.73. The van der Waals surface area contributed by atoms with E-state index in [1.807, 2.05) is 62.1 Å². The Bertz CT molecular complexity index is 1150. The van der Waals surface area contributed by atoms with Crippen molar-refractivity contribution in [1.29, 1.82) is 0 Å². The van der Waals surface area contributed by atoms with Crippen LogP contribution in [0, 0.1) is 0 Å². The Kier molecular flexibility index (Phi) is 12.4. The molecule has 43 heavy (non-hydrogen) atoms. The summed E-state index contributed by atoms with van der Waals surface area (Å²) in [5, 5.41) is 11.1. The van der Waals surface area contributed by atoms with Crippen LogP contribution in [0.1, 0.15) is 72.4 Å². The summed E-state index contributed by atoms with van der Waals surface area (Å²) in [6.45, 7) is 16.7. The molecule has 4 rings (SSSR count). The van der Waals surface area contributed by atoms with Crippen LogP contribution in [0.3, 0.4) is 0 Å². The van der Waals surface area contributed by atoms with Crippen LogP contribution in [0.5, 0.6) is 0 Å². The largest absolute Gasteiger partial charge is 0.444 e. The van der Waals surface area contributed by atoms with E-state index in [0.29, 0.717) is 17.5 Å². The van der Waals surface area contributed by atoms with Crippen molar-refractivity contribution < 1.29 is 19.4 Å². The number of rotatable bonds is 6. The minimum atomic E-state index is -0.848. The summed E-state index contributed by atoms with van der Waals surface area (Å²) >= 11 is 11.8. The maximum atomic E-state index is 12.4. The number of nitrogens with two attached hydrogens (primary N) is 1. The molecule has 0 aromatic heterocycles. The number of morpholine rings is 1. The topological polar surface area (TPSA) is 88.3 Å². The number of carbonyl (C=O) groups excluding carboxylic acids is 1. The molecule has 1 amide bonds. The molecule has 0 spiro atoms. The van der Waals surface area contributed by atoms with Crippen LogP contribution in [0.15, 0.2) is 48.5 Å². The van der Waals surface area contributed by atoms with Crippen molar-refractivity contribution in [2.24, 2.45) is 5.73 Å². The highest BCUT2D eigenvalue weighted by Gasteiger charge is 2.42. The number of hydrogen-bond acceptors (Lipinski definition) is 6. The van der Waals surface area contributed by atoms with Crippen LogP contribution >= 0.6 is 23.2 Å². The average molecular weight is 637 g/mol. The lowest BCUT2D eigenvalue weighted by Gasteiger charge is -2.51. The van der Waals surface area contributed by atoms with Gasteiger partial charge in [0, 0.05) is 47.8 Å². The highest BCUT2D eigenvalue weighted by Crippen LogP contribution is 2.32. The zero-order chi connectivity index (χ0) is 32.0. The Morgan fingerprint density at radius 3 is 1.98 bits per heavy atom. The number of halogens is 2. The molecular weight excluding hydrogens is 585 g/mol. The first-order valence-corrected chi connectivity index (χ1v) is 16.0. The van der Waals surface area contributed by atoms with Crippen molar-refractivity contribution in [3.05, 3.63) is 69.7 Å². The van der Waals surface area contributed by atoms with E-state index in [2.05, 4.69) is 30.9 Å². The van der Waals surface area contributed by atoms with Crippen molar-refractivity contribution in [2.75, 3.05) is 26.2 Å². The highest BCUT2D eigenvalue weighted by atomic mass is 35.5. The maximum Gasteiger partial charge on any atom is 0.410 e. The molecule has 2 atom stereocenters. The third kappa shape index (κ3) is 11.2. The zero-order valence-electron chi connectivity index (χ0n) is 26.9. The van der Waals surface area contributed by atoms with Gasteiger partial charge in [-0.05, 0) is 110 Å². The van der Waals surface area contributed by atoms with E-state index in [-0.39, 0.29) is 23.8 Å². The Labute approximate surface area is 268 Å². The lowest BCUT2D eigenvalue weighted by molar-refractivity contribution is -0.143. The Balaban J connectivity index is 0.000000303. The fourth-order valence-electron chi connectivity index (χ4n) is 5.54. The molecule has 9 heteroatoms. The van der Waals surface area contributed by atoms with Gasteiger partial charge in [-0.1, -0.05) is 47.5 Å². The summed E-state index contributed by atoms with van der Waals surface area (Å²) in [7, 11) is 0. The van der Waals surface area contributed by atoms with Crippen LogP contribution < -0.4 is 5.73 Å². The van der Waals surface area contributed by atoms with E-state index in [0.717, 1.165) is 56.1 Å². The van der Waals surface area contributed by atoms with Crippen molar-refractivity contribution in [3.8, 4) is 0 Å². The predicted molar refractivity (Wildman–Crippen MR) is 176 cm³/mol. The molecule has 0 aliphatic carbocycles. The molecule has 2 aliphatic heterocycles. The third-order valence-electron chi connectivity index (χ3n) is 8.23. The molecule has 2 fully saturated rings. The van der Waals surface area contributed by atoms with Gasteiger partial charge in [0.2, 0.25) is 0 Å². The minimum absolute atomic E-state index is 0.198. The van der Waals surface area contributed by atoms with Crippen molar-refractivity contribution in [3.63, 3.8) is 0 Å². The number of hydrogen-bond donors (Lipinski definition) is 2. The first-order chi connectivity index (χ1) is 19.9. The molecule has 1 unspecified atom stereocenters. The van der Waals surface area contributed by atoms with Gasteiger partial charge < -0.3 is 25.2 Å². The normalized spacial score (nSPS) is 20.6. The van der Waals surface area contributed by atoms with Gasteiger partial charge in [0.25, 0.3) is 0 Å². The Morgan fingerprint density at radius 2 is 1.49 bits per heavy atom. The first-order valence-electron chi connectivity index (χ1n) is 15.3. The number of nitrogens with zero attached hydrogens (tertiary/aromatic N) is 2. The van der Waals surface area contributed by atoms with Gasteiger partial charge >= 0.3 is 6.09 Å². The van der Waals surface area contributed by atoms with E-state index in [4.69, 9.17) is 38.4 Å². The Morgan fingerprint density at radius 1 is 0.977 bits per heavy atom. The Hall–Kier alpha value is -1.87. The molecule has 2 heterocycles. The van der Waals surface area contributed by atoms with Crippen LogP contribution in [-0.2, 0) is 22.3 Å². The van der Waals surface area contributed by atoms with Gasteiger partial charge in [0.1, 0.15) is 5.60 Å². The molecule has 2 aliphatic rings. The maximum absolute atomic E-state index is 12.4. The number of likely N-dealkylation sites (tertiary alicyclic amines) is 1. The number of aliphatic hydroxyl groups is 1. The highest BCUT2D eigenvalue weighted by molar-refractivity contribution is 6.30. The average Bonchev–Trinajstić information content (AvgIpc) is 2.91. The predicted octanol–water partition coefficient (Wildman–Crippen LogP) is 6.74. The van der Waals surface area contributed by atoms with Crippen LogP contribution in [-0.4, -0.2) is 82.2 Å². The molecule has 7 nitrogen and oxygen atoms in total. The van der Waals surface area contributed by atoms with E-state index in [1.54, 1.807) is 13.8 Å². The zero-order valence-corrected chi connectivity index (χ0v) is 28.4. The molecule has 0 saturated carbocycles. The molecule has 2 aromatic rings. The molecule has 0 radical (unpaired) electrons. The van der Waals surface area contributed by atoms with Gasteiger partial charge in [0.15, 0.2) is 0 Å². The van der Waals surface area contributed by atoms with Crippen LogP contribution in [0.25, 0.3) is 0 Å². The molecule has 3 N–H and O–H groups in total. The molecule has 240 valence electrons. The molecule has 2 saturated heterocycles. The lowest BCUT2D eigenvalue weighted by atomic mass is 9.87. The fraction of sp³-hybridized carbons (Fsp3) is 0.618. The molecule has 0 bridgehead atoms. The molecule has 2 aromatic carbocycles. The number of piperidine rings is 1. The standard InChI is InChI=1S/C23H35ClN2O3.C11H16ClNO/c1-22(2,3)29-21(27)25-12-10-19(11-13-25)26-14-15-28-23(4,5)20(26)16-17-6-8-18(24)9-7-17;1-11(2,14)10(13)7-8-3-5-9(12)6-4-8/h6-9,19-20H,10-16H2,1-5H3;3-6,10,14H,7,13H2,1-2H3/t;10-/m.0/s1. The summed E-state index contributed by atoms with van der Waals surface area (Å²) in [5.74, 6) is 0. The van der Waals surface area contributed by atoms with E-state index in [1.165, 1.54) is 5.56 Å². The summed E-state index contributed by atoms with van der Waals surface area (Å²) in [4.78, 5) is 16.9. The number of amides is 1. The van der Waals surface area contributed by atoms with Crippen molar-refractivity contribution in [1.82, 2.24) is 9.80 Å². The SMILES string of the molecule is CC(C)(C)OC(=O)N1CCC(N2CCOC(C)(C)C2Cc2ccc(Cl)cc2)CC1.CC(C)(O)[C@@H](N)Cc1ccc(Cl)cc1. The summed E-state index contributed by atoms with van der Waals surface area (Å²) in [5.41, 5.74) is 6.68. The van der Waals surface area contributed by atoms with E-state index >= 15 is 0 Å². The van der Waals surface area contributed by atoms with Gasteiger partial charge in [-0.3, -0.25) is 4.90 Å². The number of carbonyl (C=O) groups is 1. The van der Waals surface area contributed by atoms with Crippen LogP contribution in [0.4, 0.5) is 4.79 Å². The summed E-state index contributed by atoms with van der Waals surface area (Å²) in [6, 6.07) is 16.1. The monoisotopic (exact) mass is 635 g/mol. The second-order valence-electron chi connectivity index (χ2n) is 13.8. The lowest BCUT2D eigenvalue weighted by Crippen LogP contribution is -2.62. The fourth-order valence-corrected chi connectivity index (χ4v) is 5.79. The quantitative estimate of drug-likeness (QED) is 0.365. The summed E-state index contributed by atoms with van der Waals surface area (Å²) < 4.78 is 11.7. The first kappa shape index (κ1) is 35.6. The van der Waals surface area contributed by atoms with E-state index < -0.39 is 11.2 Å². The smallest absolute Gasteiger partial charge is 0.410 e. The summed E-state index contributed by atoms with van der Waals surface area (Å²) in [6.07, 6.45) is 3.31. The van der Waals surface area contributed by atoms with Crippen molar-refractivity contribution >= 4 is 29.3 Å². The van der Waals surface area contributed by atoms with Crippen molar-refractivity contribution in [2.45, 2.75) is 109 Å². The van der Waals surface area contributed by atoms with Gasteiger partial charge in [-0.2, -0.15) is 0 Å². The molecular formula is C34H51Cl2N3O4. The second-order valence-corrected chi connectivity index (χ2v) is 14.7. The van der Waals surface area contributed by atoms with Crippen LogP contribution in [0.2, 0.25) is 10.0 Å². The second kappa shape index (κ2) is 14.9. The van der Waals surface area contributed by atoms with Gasteiger partial charge in [-0.15, -0.1) is 0 Å². The number of benzene rings is 2. The number of ether oxygens (including phenoxy) is 2. The minimum Gasteiger partial charge on any atom is -0.444 e.